The highest BCUT2D eigenvalue weighted by atomic mass is 32.2. The van der Waals surface area contributed by atoms with Gasteiger partial charge in [0.1, 0.15) is 18.4 Å². The van der Waals surface area contributed by atoms with E-state index in [1.54, 1.807) is 50.2 Å². The molecule has 0 heterocycles. The third kappa shape index (κ3) is 6.78. The van der Waals surface area contributed by atoms with Crippen molar-refractivity contribution in [3.63, 3.8) is 0 Å². The zero-order chi connectivity index (χ0) is 23.2. The fraction of sp³-hybridized carbons (Fsp3) is 0.364. The van der Waals surface area contributed by atoms with Gasteiger partial charge in [0, 0.05) is 18.2 Å². The van der Waals surface area contributed by atoms with Gasteiger partial charge in [-0.3, -0.25) is 13.9 Å². The third-order valence-electron chi connectivity index (χ3n) is 4.62. The summed E-state index contributed by atoms with van der Waals surface area (Å²) in [6.45, 7) is 4.41. The first-order valence-electron chi connectivity index (χ1n) is 9.86. The lowest BCUT2D eigenvalue weighted by molar-refractivity contribution is -0.139. The molecule has 0 aliphatic rings. The molecule has 1 atom stereocenters. The summed E-state index contributed by atoms with van der Waals surface area (Å²) < 4.78 is 40.0. The van der Waals surface area contributed by atoms with Gasteiger partial charge in [-0.25, -0.2) is 12.8 Å². The molecule has 168 valence electrons. The number of nitrogens with zero attached hydrogens (tertiary/aromatic N) is 2. The van der Waals surface area contributed by atoms with E-state index in [0.717, 1.165) is 10.6 Å². The Balaban J connectivity index is 2.38. The molecule has 0 aliphatic carbocycles. The van der Waals surface area contributed by atoms with Crippen molar-refractivity contribution in [2.75, 3.05) is 17.1 Å². The number of amides is 2. The topological polar surface area (TPSA) is 86.8 Å². The van der Waals surface area contributed by atoms with Crippen LogP contribution in [0.3, 0.4) is 0 Å². The molecule has 7 nitrogen and oxygen atoms in total. The molecule has 2 aromatic carbocycles. The second-order valence-corrected chi connectivity index (χ2v) is 9.46. The van der Waals surface area contributed by atoms with Gasteiger partial charge in [-0.1, -0.05) is 36.4 Å². The Morgan fingerprint density at radius 2 is 1.58 bits per heavy atom. The smallest absolute Gasteiger partial charge is 0.244 e. The van der Waals surface area contributed by atoms with Crippen molar-refractivity contribution in [3.8, 4) is 0 Å². The van der Waals surface area contributed by atoms with E-state index in [2.05, 4.69) is 5.32 Å². The summed E-state index contributed by atoms with van der Waals surface area (Å²) in [6, 6.07) is 13.1. The zero-order valence-electron chi connectivity index (χ0n) is 18.1. The highest BCUT2D eigenvalue weighted by Gasteiger charge is 2.30. The summed E-state index contributed by atoms with van der Waals surface area (Å²) in [5.41, 5.74) is 0.550. The van der Waals surface area contributed by atoms with E-state index >= 15 is 0 Å². The molecular weight excluding hydrogens is 421 g/mol. The normalized spacial score (nSPS) is 12.3. The molecule has 0 aliphatic heterocycles. The van der Waals surface area contributed by atoms with Crippen LogP contribution in [0.5, 0.6) is 0 Å². The second kappa shape index (κ2) is 10.4. The lowest BCUT2D eigenvalue weighted by Crippen LogP contribution is -2.52. The summed E-state index contributed by atoms with van der Waals surface area (Å²) in [7, 11) is -3.78. The number of halogens is 1. The molecule has 0 radical (unpaired) electrons. The monoisotopic (exact) mass is 449 g/mol. The number of rotatable bonds is 9. The summed E-state index contributed by atoms with van der Waals surface area (Å²) in [6.07, 6.45) is 1.00. The molecule has 2 aromatic rings. The molecule has 2 amide bonds. The maximum atomic E-state index is 14.3. The molecule has 31 heavy (non-hydrogen) atoms. The highest BCUT2D eigenvalue weighted by Crippen LogP contribution is 2.19. The third-order valence-corrected chi connectivity index (χ3v) is 5.76. The van der Waals surface area contributed by atoms with Gasteiger partial charge in [0.25, 0.3) is 0 Å². The summed E-state index contributed by atoms with van der Waals surface area (Å²) in [5.74, 6) is -1.55. The van der Waals surface area contributed by atoms with Crippen LogP contribution in [-0.4, -0.2) is 50.0 Å². The van der Waals surface area contributed by atoms with Crippen molar-refractivity contribution >= 4 is 27.5 Å². The van der Waals surface area contributed by atoms with E-state index in [-0.39, 0.29) is 18.2 Å². The van der Waals surface area contributed by atoms with Crippen LogP contribution < -0.4 is 9.62 Å². The number of nitrogens with one attached hydrogen (secondary N) is 1. The molecule has 1 N–H and O–H groups in total. The SMILES string of the molecule is CC(C)NC(=O)C(C)N(Cc1ccccc1F)C(=O)CN(c1ccccc1)S(C)(=O)=O. The number of carbonyl (C=O) groups excluding carboxylic acids is 2. The van der Waals surface area contributed by atoms with Crippen molar-refractivity contribution in [3.05, 3.63) is 66.0 Å². The summed E-state index contributed by atoms with van der Waals surface area (Å²) in [4.78, 5) is 27.0. The quantitative estimate of drug-likeness (QED) is 0.637. The van der Waals surface area contributed by atoms with Gasteiger partial charge in [0.05, 0.1) is 11.9 Å². The van der Waals surface area contributed by atoms with E-state index in [1.165, 1.54) is 30.0 Å². The predicted octanol–water partition coefficient (Wildman–Crippen LogP) is 2.53. The van der Waals surface area contributed by atoms with Crippen molar-refractivity contribution < 1.29 is 22.4 Å². The molecule has 0 saturated heterocycles. The predicted molar refractivity (Wildman–Crippen MR) is 118 cm³/mol. The molecule has 0 aromatic heterocycles. The molecule has 1 unspecified atom stereocenters. The molecule has 2 rings (SSSR count). The van der Waals surface area contributed by atoms with Gasteiger partial charge in [0.2, 0.25) is 21.8 Å². The number of carbonyl (C=O) groups is 2. The van der Waals surface area contributed by atoms with Crippen LogP contribution in [0.2, 0.25) is 0 Å². The minimum atomic E-state index is -3.78. The lowest BCUT2D eigenvalue weighted by Gasteiger charge is -2.32. The second-order valence-electron chi connectivity index (χ2n) is 7.56. The number of benzene rings is 2. The van der Waals surface area contributed by atoms with Crippen molar-refractivity contribution in [2.24, 2.45) is 0 Å². The van der Waals surface area contributed by atoms with E-state index in [0.29, 0.717) is 5.69 Å². The van der Waals surface area contributed by atoms with Crippen LogP contribution in [0.15, 0.2) is 54.6 Å². The standard InChI is InChI=1S/C22H28FN3O4S/c1-16(2)24-22(28)17(3)25(14-18-10-8-9-13-20(18)23)21(27)15-26(31(4,29)30)19-11-6-5-7-12-19/h5-13,16-17H,14-15H2,1-4H3,(H,24,28). The Hall–Kier alpha value is -2.94. The Kier molecular flexibility index (Phi) is 8.15. The van der Waals surface area contributed by atoms with Gasteiger partial charge in [0.15, 0.2) is 0 Å². The van der Waals surface area contributed by atoms with Gasteiger partial charge in [-0.05, 0) is 39.0 Å². The van der Waals surface area contributed by atoms with Crippen LogP contribution in [0.25, 0.3) is 0 Å². The van der Waals surface area contributed by atoms with Gasteiger partial charge in [-0.2, -0.15) is 0 Å². The average Bonchev–Trinajstić information content (AvgIpc) is 2.70. The first kappa shape index (κ1) is 24.3. The van der Waals surface area contributed by atoms with Gasteiger partial charge >= 0.3 is 0 Å². The largest absolute Gasteiger partial charge is 0.352 e. The Labute approximate surface area is 182 Å². The fourth-order valence-electron chi connectivity index (χ4n) is 3.01. The van der Waals surface area contributed by atoms with Gasteiger partial charge < -0.3 is 10.2 Å². The van der Waals surface area contributed by atoms with E-state index in [9.17, 15) is 22.4 Å². The molecule has 0 saturated carbocycles. The maximum Gasteiger partial charge on any atom is 0.244 e. The minimum Gasteiger partial charge on any atom is -0.352 e. The highest BCUT2D eigenvalue weighted by molar-refractivity contribution is 7.92. The van der Waals surface area contributed by atoms with Crippen molar-refractivity contribution in [1.82, 2.24) is 10.2 Å². The number of anilines is 1. The number of hydrogen-bond acceptors (Lipinski definition) is 4. The summed E-state index contributed by atoms with van der Waals surface area (Å²) in [5, 5.41) is 2.74. The molecule has 0 fully saturated rings. The van der Waals surface area contributed by atoms with Crippen molar-refractivity contribution in [1.29, 1.82) is 0 Å². The minimum absolute atomic E-state index is 0.155. The number of para-hydroxylation sites is 1. The Morgan fingerprint density at radius 1 is 1.00 bits per heavy atom. The fourth-order valence-corrected chi connectivity index (χ4v) is 3.86. The average molecular weight is 450 g/mol. The van der Waals surface area contributed by atoms with Crippen LogP contribution in [0.1, 0.15) is 26.3 Å². The lowest BCUT2D eigenvalue weighted by atomic mass is 10.1. The van der Waals surface area contributed by atoms with E-state index < -0.39 is 40.2 Å². The van der Waals surface area contributed by atoms with E-state index in [4.69, 9.17) is 0 Å². The van der Waals surface area contributed by atoms with E-state index in [1.807, 2.05) is 0 Å². The van der Waals surface area contributed by atoms with Crippen LogP contribution >= 0.6 is 0 Å². The Bertz CT molecular complexity index is 1010. The van der Waals surface area contributed by atoms with Crippen molar-refractivity contribution in [2.45, 2.75) is 39.4 Å². The number of hydrogen-bond donors (Lipinski definition) is 1. The maximum absolute atomic E-state index is 14.3. The van der Waals surface area contributed by atoms with Crippen LogP contribution in [-0.2, 0) is 26.2 Å². The summed E-state index contributed by atoms with van der Waals surface area (Å²) >= 11 is 0. The first-order chi connectivity index (χ1) is 14.5. The zero-order valence-corrected chi connectivity index (χ0v) is 18.9. The molecule has 9 heteroatoms. The Morgan fingerprint density at radius 3 is 2.13 bits per heavy atom. The number of sulfonamides is 1. The van der Waals surface area contributed by atoms with Gasteiger partial charge in [-0.15, -0.1) is 0 Å². The first-order valence-corrected chi connectivity index (χ1v) is 11.7. The molecule has 0 bridgehead atoms. The molecular formula is C22H28FN3O4S. The van der Waals surface area contributed by atoms with Crippen LogP contribution in [0.4, 0.5) is 10.1 Å². The van der Waals surface area contributed by atoms with Crippen LogP contribution in [0, 0.1) is 5.82 Å². The molecule has 0 spiro atoms.